The number of carbonyl (C=O) groups excluding carboxylic acids is 1. The Balaban J connectivity index is 2.42. The van der Waals surface area contributed by atoms with Gasteiger partial charge in [0.15, 0.2) is 0 Å². The summed E-state index contributed by atoms with van der Waals surface area (Å²) in [5.41, 5.74) is 0. The Labute approximate surface area is 102 Å². The number of rotatable bonds is 4. The van der Waals surface area contributed by atoms with E-state index in [4.69, 9.17) is 5.11 Å². The Hall–Kier alpha value is -1.26. The van der Waals surface area contributed by atoms with Crippen LogP contribution in [0.5, 0.6) is 0 Å². The Morgan fingerprint density at radius 2 is 2.00 bits per heavy atom. The molecule has 1 aliphatic rings. The number of amides is 2. The minimum Gasteiger partial charge on any atom is -0.480 e. The van der Waals surface area contributed by atoms with Crippen LogP contribution in [-0.2, 0) is 4.79 Å². The standard InChI is InChI=1S/C12H22N2O3/c1-4-9(11(15)16)13-12(17)14-10-6-5-7(2)8(10)3/h7-10H,4-6H2,1-3H3,(H,15,16)(H2,13,14,17)/t7?,8?,9-,10?/m0/s1. The van der Waals surface area contributed by atoms with Gasteiger partial charge in [-0.15, -0.1) is 0 Å². The summed E-state index contributed by atoms with van der Waals surface area (Å²) in [6.45, 7) is 6.03. The molecule has 2 amide bonds. The van der Waals surface area contributed by atoms with Crippen molar-refractivity contribution in [3.63, 3.8) is 0 Å². The van der Waals surface area contributed by atoms with E-state index >= 15 is 0 Å². The molecule has 0 aromatic heterocycles. The first-order chi connectivity index (χ1) is 7.95. The van der Waals surface area contributed by atoms with Gasteiger partial charge in [0.25, 0.3) is 0 Å². The van der Waals surface area contributed by atoms with E-state index < -0.39 is 12.0 Å². The molecule has 0 radical (unpaired) electrons. The van der Waals surface area contributed by atoms with Crippen LogP contribution >= 0.6 is 0 Å². The van der Waals surface area contributed by atoms with Gasteiger partial charge in [0.05, 0.1) is 0 Å². The molecular formula is C12H22N2O3. The molecule has 0 bridgehead atoms. The van der Waals surface area contributed by atoms with Crippen LogP contribution in [0.4, 0.5) is 4.79 Å². The molecular weight excluding hydrogens is 220 g/mol. The number of hydrogen-bond donors (Lipinski definition) is 3. The van der Waals surface area contributed by atoms with E-state index in [1.165, 1.54) is 0 Å². The fraction of sp³-hybridized carbons (Fsp3) is 0.833. The van der Waals surface area contributed by atoms with E-state index in [-0.39, 0.29) is 12.1 Å². The zero-order chi connectivity index (χ0) is 13.0. The van der Waals surface area contributed by atoms with Crippen molar-refractivity contribution in [1.82, 2.24) is 10.6 Å². The monoisotopic (exact) mass is 242 g/mol. The van der Waals surface area contributed by atoms with Crippen LogP contribution in [0, 0.1) is 11.8 Å². The third-order valence-electron chi connectivity index (χ3n) is 3.79. The molecule has 0 spiro atoms. The van der Waals surface area contributed by atoms with Gasteiger partial charge in [0, 0.05) is 6.04 Å². The van der Waals surface area contributed by atoms with E-state index in [1.54, 1.807) is 6.92 Å². The predicted molar refractivity (Wildman–Crippen MR) is 64.7 cm³/mol. The van der Waals surface area contributed by atoms with Gasteiger partial charge in [-0.25, -0.2) is 9.59 Å². The summed E-state index contributed by atoms with van der Waals surface area (Å²) in [5, 5.41) is 14.2. The zero-order valence-corrected chi connectivity index (χ0v) is 10.7. The van der Waals surface area contributed by atoms with Crippen LogP contribution in [0.2, 0.25) is 0 Å². The van der Waals surface area contributed by atoms with Gasteiger partial charge in [0.2, 0.25) is 0 Å². The second-order valence-corrected chi connectivity index (χ2v) is 4.94. The molecule has 5 heteroatoms. The molecule has 17 heavy (non-hydrogen) atoms. The molecule has 0 aromatic carbocycles. The Morgan fingerprint density at radius 1 is 1.35 bits per heavy atom. The maximum absolute atomic E-state index is 11.6. The highest BCUT2D eigenvalue weighted by molar-refractivity contribution is 5.82. The molecule has 1 saturated carbocycles. The lowest BCUT2D eigenvalue weighted by Crippen LogP contribution is -2.49. The normalized spacial score (nSPS) is 29.7. The fourth-order valence-electron chi connectivity index (χ4n) is 2.28. The molecule has 0 aromatic rings. The average Bonchev–Trinajstić information content (AvgIpc) is 2.57. The lowest BCUT2D eigenvalue weighted by molar-refractivity contribution is -0.139. The van der Waals surface area contributed by atoms with Gasteiger partial charge in [-0.3, -0.25) is 0 Å². The number of carboxylic acids is 1. The van der Waals surface area contributed by atoms with Crippen molar-refractivity contribution >= 4 is 12.0 Å². The summed E-state index contributed by atoms with van der Waals surface area (Å²) < 4.78 is 0. The average molecular weight is 242 g/mol. The number of hydrogen-bond acceptors (Lipinski definition) is 2. The highest BCUT2D eigenvalue weighted by Crippen LogP contribution is 2.30. The maximum Gasteiger partial charge on any atom is 0.326 e. The third-order valence-corrected chi connectivity index (χ3v) is 3.79. The molecule has 3 N–H and O–H groups in total. The lowest BCUT2D eigenvalue weighted by Gasteiger charge is -2.21. The highest BCUT2D eigenvalue weighted by atomic mass is 16.4. The quantitative estimate of drug-likeness (QED) is 0.700. The van der Waals surface area contributed by atoms with Gasteiger partial charge in [-0.1, -0.05) is 20.8 Å². The number of aliphatic carboxylic acids is 1. The molecule has 1 rings (SSSR count). The lowest BCUT2D eigenvalue weighted by atomic mass is 9.98. The molecule has 5 nitrogen and oxygen atoms in total. The van der Waals surface area contributed by atoms with Gasteiger partial charge in [-0.2, -0.15) is 0 Å². The Morgan fingerprint density at radius 3 is 2.41 bits per heavy atom. The smallest absolute Gasteiger partial charge is 0.326 e. The fourth-order valence-corrected chi connectivity index (χ4v) is 2.28. The van der Waals surface area contributed by atoms with Gasteiger partial charge >= 0.3 is 12.0 Å². The Bertz CT molecular complexity index is 293. The Kier molecular flexibility index (Phi) is 4.78. The van der Waals surface area contributed by atoms with Crippen LogP contribution in [0.3, 0.4) is 0 Å². The molecule has 0 aliphatic heterocycles. The van der Waals surface area contributed by atoms with E-state index in [2.05, 4.69) is 24.5 Å². The van der Waals surface area contributed by atoms with Crippen LogP contribution in [0.1, 0.15) is 40.0 Å². The first kappa shape index (κ1) is 13.8. The van der Waals surface area contributed by atoms with Crippen molar-refractivity contribution in [2.24, 2.45) is 11.8 Å². The van der Waals surface area contributed by atoms with Crippen LogP contribution in [0.15, 0.2) is 0 Å². The topological polar surface area (TPSA) is 78.4 Å². The number of urea groups is 1. The van der Waals surface area contributed by atoms with Crippen molar-refractivity contribution < 1.29 is 14.7 Å². The largest absolute Gasteiger partial charge is 0.480 e. The number of nitrogens with one attached hydrogen (secondary N) is 2. The summed E-state index contributed by atoms with van der Waals surface area (Å²) >= 11 is 0. The summed E-state index contributed by atoms with van der Waals surface area (Å²) in [7, 11) is 0. The first-order valence-electron chi connectivity index (χ1n) is 6.25. The molecule has 1 aliphatic carbocycles. The summed E-state index contributed by atoms with van der Waals surface area (Å²) in [5.74, 6) is 0.0721. The minimum atomic E-state index is -0.990. The number of carbonyl (C=O) groups is 2. The summed E-state index contributed by atoms with van der Waals surface area (Å²) in [6.07, 6.45) is 2.47. The number of carboxylic acid groups (broad SMARTS) is 1. The molecule has 98 valence electrons. The molecule has 0 saturated heterocycles. The second kappa shape index (κ2) is 5.89. The third kappa shape index (κ3) is 3.61. The van der Waals surface area contributed by atoms with Crippen LogP contribution in [0.25, 0.3) is 0 Å². The second-order valence-electron chi connectivity index (χ2n) is 4.94. The van der Waals surface area contributed by atoms with Crippen molar-refractivity contribution in [2.45, 2.75) is 52.1 Å². The first-order valence-corrected chi connectivity index (χ1v) is 6.25. The van der Waals surface area contributed by atoms with Gasteiger partial charge in [0.1, 0.15) is 6.04 Å². The maximum atomic E-state index is 11.6. The zero-order valence-electron chi connectivity index (χ0n) is 10.7. The van der Waals surface area contributed by atoms with Crippen molar-refractivity contribution in [3.05, 3.63) is 0 Å². The van der Waals surface area contributed by atoms with E-state index in [9.17, 15) is 9.59 Å². The van der Waals surface area contributed by atoms with Crippen molar-refractivity contribution in [3.8, 4) is 0 Å². The van der Waals surface area contributed by atoms with Gasteiger partial charge in [-0.05, 0) is 31.1 Å². The minimum absolute atomic E-state index is 0.163. The van der Waals surface area contributed by atoms with Crippen LogP contribution < -0.4 is 10.6 Å². The van der Waals surface area contributed by atoms with Gasteiger partial charge < -0.3 is 15.7 Å². The molecule has 4 atom stereocenters. The van der Waals surface area contributed by atoms with E-state index in [0.29, 0.717) is 18.3 Å². The predicted octanol–water partition coefficient (Wildman–Crippen LogP) is 1.58. The summed E-state index contributed by atoms with van der Waals surface area (Å²) in [4.78, 5) is 22.4. The van der Waals surface area contributed by atoms with Crippen LogP contribution in [-0.4, -0.2) is 29.2 Å². The summed E-state index contributed by atoms with van der Waals surface area (Å²) in [6, 6.07) is -1.01. The highest BCUT2D eigenvalue weighted by Gasteiger charge is 2.31. The van der Waals surface area contributed by atoms with E-state index in [0.717, 1.165) is 12.8 Å². The molecule has 1 fully saturated rings. The molecule has 0 heterocycles. The molecule has 3 unspecified atom stereocenters. The SMILES string of the molecule is CC[C@H](NC(=O)NC1CCC(C)C1C)C(=O)O. The van der Waals surface area contributed by atoms with E-state index in [1.807, 2.05) is 0 Å². The van der Waals surface area contributed by atoms with Crippen molar-refractivity contribution in [1.29, 1.82) is 0 Å². The van der Waals surface area contributed by atoms with Crippen molar-refractivity contribution in [2.75, 3.05) is 0 Å².